The van der Waals surface area contributed by atoms with Crippen molar-refractivity contribution in [2.75, 3.05) is 32.8 Å². The highest BCUT2D eigenvalue weighted by Crippen LogP contribution is 2.38. The number of amides is 1. The van der Waals surface area contributed by atoms with Gasteiger partial charge in [-0.15, -0.1) is 0 Å². The molecule has 3 aliphatic heterocycles. The van der Waals surface area contributed by atoms with E-state index in [-0.39, 0.29) is 18.1 Å². The molecular weight excluding hydrogens is 402 g/mol. The molecule has 7 atom stereocenters. The van der Waals surface area contributed by atoms with E-state index in [2.05, 4.69) is 22.6 Å². The summed E-state index contributed by atoms with van der Waals surface area (Å²) in [5, 5.41) is 3.55. The number of likely N-dealkylation sites (tertiary alicyclic amines) is 1. The number of hydrogen-bond donors (Lipinski definition) is 2. The van der Waals surface area contributed by atoms with E-state index in [1.165, 1.54) is 57.8 Å². The van der Waals surface area contributed by atoms with E-state index in [1.54, 1.807) is 0 Å². The number of fused-ring (bicyclic) bond motifs is 1. The van der Waals surface area contributed by atoms with E-state index in [0.717, 1.165) is 56.8 Å². The minimum atomic E-state index is -0.206. The van der Waals surface area contributed by atoms with E-state index in [4.69, 9.17) is 9.57 Å². The number of hydrogen-bond acceptors (Lipinski definition) is 5. The molecule has 2 aliphatic carbocycles. The van der Waals surface area contributed by atoms with E-state index in [9.17, 15) is 4.79 Å². The van der Waals surface area contributed by atoms with Crippen LogP contribution in [0.1, 0.15) is 77.6 Å². The lowest BCUT2D eigenvalue weighted by molar-refractivity contribution is -0.138. The van der Waals surface area contributed by atoms with Crippen LogP contribution in [0, 0.1) is 29.6 Å². The summed E-state index contributed by atoms with van der Waals surface area (Å²) in [6, 6.07) is -0.206. The van der Waals surface area contributed by atoms with Crippen LogP contribution in [0.4, 0.5) is 0 Å². The van der Waals surface area contributed by atoms with Crippen molar-refractivity contribution >= 4 is 5.91 Å². The fraction of sp³-hybridized carbons (Fsp3) is 0.962. The van der Waals surface area contributed by atoms with Crippen LogP contribution >= 0.6 is 0 Å². The molecule has 5 rings (SSSR count). The van der Waals surface area contributed by atoms with Gasteiger partial charge in [-0.2, -0.15) is 5.48 Å². The first-order chi connectivity index (χ1) is 15.7. The van der Waals surface area contributed by atoms with Gasteiger partial charge in [0.15, 0.2) is 0 Å². The van der Waals surface area contributed by atoms with Crippen molar-refractivity contribution in [3.63, 3.8) is 0 Å². The Kier molecular flexibility index (Phi) is 7.72. The number of nitrogens with zero attached hydrogens (tertiary/aromatic N) is 1. The highest BCUT2D eigenvalue weighted by molar-refractivity contribution is 5.82. The SMILES string of the molecule is CC1CCN(C(=O)C2CC(COC3CCCC4CNCCC43)ON2)CC1C1CCCCC1. The van der Waals surface area contributed by atoms with E-state index >= 15 is 0 Å². The second-order valence-electron chi connectivity index (χ2n) is 11.5. The van der Waals surface area contributed by atoms with Gasteiger partial charge in [0.25, 0.3) is 0 Å². The van der Waals surface area contributed by atoms with Crippen molar-refractivity contribution in [3.8, 4) is 0 Å². The first-order valence-electron chi connectivity index (χ1n) is 13.7. The average molecular weight is 448 g/mol. The van der Waals surface area contributed by atoms with Crippen molar-refractivity contribution < 1.29 is 14.4 Å². The monoisotopic (exact) mass is 447 g/mol. The Labute approximate surface area is 194 Å². The van der Waals surface area contributed by atoms with Crippen LogP contribution in [0.2, 0.25) is 0 Å². The topological polar surface area (TPSA) is 62.8 Å². The molecule has 3 saturated heterocycles. The maximum absolute atomic E-state index is 13.3. The summed E-state index contributed by atoms with van der Waals surface area (Å²) < 4.78 is 6.40. The quantitative estimate of drug-likeness (QED) is 0.675. The highest BCUT2D eigenvalue weighted by Gasteiger charge is 2.40. The normalized spacial score (nSPS) is 41.4. The zero-order valence-electron chi connectivity index (χ0n) is 20.1. The molecule has 5 fully saturated rings. The summed E-state index contributed by atoms with van der Waals surface area (Å²) in [4.78, 5) is 21.3. The molecule has 0 aromatic rings. The van der Waals surface area contributed by atoms with Gasteiger partial charge in [-0.05, 0) is 68.4 Å². The Morgan fingerprint density at radius 2 is 1.84 bits per heavy atom. The lowest BCUT2D eigenvalue weighted by atomic mass is 9.72. The number of ether oxygens (including phenoxy) is 1. The molecule has 5 aliphatic rings. The van der Waals surface area contributed by atoms with Gasteiger partial charge in [0, 0.05) is 19.5 Å². The van der Waals surface area contributed by atoms with Gasteiger partial charge >= 0.3 is 0 Å². The lowest BCUT2D eigenvalue weighted by Gasteiger charge is -2.43. The van der Waals surface area contributed by atoms with Crippen LogP contribution in [0.25, 0.3) is 0 Å². The van der Waals surface area contributed by atoms with Crippen molar-refractivity contribution in [1.29, 1.82) is 0 Å². The summed E-state index contributed by atoms with van der Waals surface area (Å²) in [5.41, 5.74) is 3.07. The minimum Gasteiger partial charge on any atom is -0.375 e. The molecule has 6 heteroatoms. The summed E-state index contributed by atoms with van der Waals surface area (Å²) in [5.74, 6) is 3.96. The van der Waals surface area contributed by atoms with Gasteiger partial charge in [0.2, 0.25) is 5.91 Å². The summed E-state index contributed by atoms with van der Waals surface area (Å²) in [7, 11) is 0. The maximum atomic E-state index is 13.3. The standard InChI is InChI=1S/C26H45N3O3/c1-18-11-13-29(16-23(18)19-6-3-2-4-7-19)26(30)24-14-21(32-28-24)17-31-25-9-5-8-20-15-27-12-10-22(20)25/h18-25,27-28H,2-17H2,1H3. The molecule has 7 unspecified atom stereocenters. The minimum absolute atomic E-state index is 0.0103. The second-order valence-corrected chi connectivity index (χ2v) is 11.5. The molecule has 0 aromatic heterocycles. The molecule has 2 N–H and O–H groups in total. The van der Waals surface area contributed by atoms with E-state index in [1.807, 2.05) is 0 Å². The smallest absolute Gasteiger partial charge is 0.242 e. The molecule has 0 spiro atoms. The predicted molar refractivity (Wildman–Crippen MR) is 125 cm³/mol. The number of nitrogens with one attached hydrogen (secondary N) is 2. The third-order valence-corrected chi connectivity index (χ3v) is 9.46. The maximum Gasteiger partial charge on any atom is 0.242 e. The van der Waals surface area contributed by atoms with Crippen molar-refractivity contribution in [2.24, 2.45) is 29.6 Å². The van der Waals surface area contributed by atoms with Gasteiger partial charge in [0.1, 0.15) is 12.1 Å². The second kappa shape index (κ2) is 10.7. The van der Waals surface area contributed by atoms with Crippen LogP contribution in [0.3, 0.4) is 0 Å². The van der Waals surface area contributed by atoms with Crippen LogP contribution in [-0.4, -0.2) is 61.8 Å². The Hall–Kier alpha value is -0.690. The molecule has 0 aromatic carbocycles. The number of carbonyl (C=O) groups excluding carboxylic acids is 1. The summed E-state index contributed by atoms with van der Waals surface area (Å²) in [6.07, 6.45) is 14.1. The van der Waals surface area contributed by atoms with Gasteiger partial charge in [-0.1, -0.05) is 45.4 Å². The predicted octanol–water partition coefficient (Wildman–Crippen LogP) is 3.51. The fourth-order valence-corrected chi connectivity index (χ4v) is 7.47. The number of rotatable bonds is 5. The molecule has 2 saturated carbocycles. The van der Waals surface area contributed by atoms with E-state index in [0.29, 0.717) is 24.5 Å². The van der Waals surface area contributed by atoms with Gasteiger partial charge < -0.3 is 15.0 Å². The Balaban J connectivity index is 1.09. The van der Waals surface area contributed by atoms with Crippen LogP contribution in [-0.2, 0) is 14.4 Å². The molecule has 0 radical (unpaired) electrons. The Bertz CT molecular complexity index is 623. The number of piperidine rings is 2. The molecule has 1 amide bonds. The summed E-state index contributed by atoms with van der Waals surface area (Å²) >= 11 is 0. The summed E-state index contributed by atoms with van der Waals surface area (Å²) in [6.45, 7) is 7.14. The fourth-order valence-electron chi connectivity index (χ4n) is 7.47. The molecule has 0 bridgehead atoms. The van der Waals surface area contributed by atoms with Crippen molar-refractivity contribution in [3.05, 3.63) is 0 Å². The van der Waals surface area contributed by atoms with Gasteiger partial charge in [-0.25, -0.2) is 0 Å². The van der Waals surface area contributed by atoms with Crippen LogP contribution < -0.4 is 10.8 Å². The Morgan fingerprint density at radius 1 is 1.00 bits per heavy atom. The van der Waals surface area contributed by atoms with Crippen LogP contribution in [0.5, 0.6) is 0 Å². The molecular formula is C26H45N3O3. The average Bonchev–Trinajstić information content (AvgIpc) is 3.32. The Morgan fingerprint density at radius 3 is 2.72 bits per heavy atom. The third kappa shape index (κ3) is 5.18. The molecule has 3 heterocycles. The van der Waals surface area contributed by atoms with Crippen molar-refractivity contribution in [1.82, 2.24) is 15.7 Å². The first kappa shape index (κ1) is 23.1. The lowest BCUT2D eigenvalue weighted by Crippen LogP contribution is -2.51. The zero-order valence-corrected chi connectivity index (χ0v) is 20.1. The first-order valence-corrected chi connectivity index (χ1v) is 13.7. The third-order valence-electron chi connectivity index (χ3n) is 9.46. The molecule has 182 valence electrons. The van der Waals surface area contributed by atoms with Crippen LogP contribution in [0.15, 0.2) is 0 Å². The number of hydroxylamine groups is 1. The van der Waals surface area contributed by atoms with Gasteiger partial charge in [0.05, 0.1) is 12.7 Å². The molecule has 6 nitrogen and oxygen atoms in total. The zero-order chi connectivity index (χ0) is 21.9. The van der Waals surface area contributed by atoms with E-state index < -0.39 is 0 Å². The number of carbonyl (C=O) groups is 1. The molecule has 32 heavy (non-hydrogen) atoms. The largest absolute Gasteiger partial charge is 0.375 e. The highest BCUT2D eigenvalue weighted by atomic mass is 16.7. The van der Waals surface area contributed by atoms with Crippen molar-refractivity contribution in [2.45, 2.75) is 95.8 Å². The van der Waals surface area contributed by atoms with Gasteiger partial charge in [-0.3, -0.25) is 9.63 Å².